The van der Waals surface area contributed by atoms with Crippen molar-refractivity contribution in [2.45, 2.75) is 6.92 Å². The summed E-state index contributed by atoms with van der Waals surface area (Å²) in [5.74, 6) is -0.594. The van der Waals surface area contributed by atoms with Crippen LogP contribution < -0.4 is 10.2 Å². The van der Waals surface area contributed by atoms with E-state index >= 15 is 0 Å². The summed E-state index contributed by atoms with van der Waals surface area (Å²) in [6.07, 6.45) is 1.44. The lowest BCUT2D eigenvalue weighted by atomic mass is 10.1. The topological polar surface area (TPSA) is 69.7 Å². The maximum absolute atomic E-state index is 13.0. The molecule has 0 radical (unpaired) electrons. The molecule has 0 amide bonds. The van der Waals surface area contributed by atoms with Gasteiger partial charge in [-0.2, -0.15) is 0 Å². The van der Waals surface area contributed by atoms with Crippen molar-refractivity contribution in [1.82, 2.24) is 0 Å². The van der Waals surface area contributed by atoms with Crippen LogP contribution in [0.1, 0.15) is 15.9 Å². The lowest BCUT2D eigenvalue weighted by molar-refractivity contribution is 0.0731. The number of carbonyl (C=O) groups is 1. The summed E-state index contributed by atoms with van der Waals surface area (Å²) < 4.78 is 16.6. The number of ether oxygens (including phenoxy) is 1. The van der Waals surface area contributed by atoms with Crippen LogP contribution in [0.25, 0.3) is 22.5 Å². The molecule has 0 spiro atoms. The van der Waals surface area contributed by atoms with E-state index in [1.165, 1.54) is 12.3 Å². The average molecular weight is 381 g/mol. The Balaban J connectivity index is 1.89. The van der Waals surface area contributed by atoms with Crippen molar-refractivity contribution < 1.29 is 18.4 Å². The molecule has 0 N–H and O–H groups in total. The number of fused-ring (bicyclic) bond motifs is 1. The van der Waals surface area contributed by atoms with E-state index in [-0.39, 0.29) is 22.7 Å². The Kier molecular flexibility index (Phi) is 4.30. The highest BCUT2D eigenvalue weighted by atomic mass is 35.5. The second-order valence-corrected chi connectivity index (χ2v) is 6.40. The lowest BCUT2D eigenvalue weighted by Gasteiger charge is -2.09. The minimum Gasteiger partial charge on any atom is -0.461 e. The minimum absolute atomic E-state index is 0.0424. The van der Waals surface area contributed by atoms with Gasteiger partial charge in [-0.25, -0.2) is 4.79 Å². The number of furan rings is 1. The predicted octanol–water partition coefficient (Wildman–Crippen LogP) is 5.23. The highest BCUT2D eigenvalue weighted by molar-refractivity contribution is 6.31. The van der Waals surface area contributed by atoms with Gasteiger partial charge in [0.05, 0.1) is 17.2 Å². The van der Waals surface area contributed by atoms with Gasteiger partial charge in [0.25, 0.3) is 0 Å². The van der Waals surface area contributed by atoms with Crippen LogP contribution in [0.4, 0.5) is 0 Å². The van der Waals surface area contributed by atoms with Crippen LogP contribution in [0.2, 0.25) is 5.02 Å². The SMILES string of the molecule is Cc1cccc(C(=O)Oc2c(-c3ccco3)oc3ccc(Cl)cc3c2=O)c1. The van der Waals surface area contributed by atoms with Gasteiger partial charge in [-0.3, -0.25) is 4.79 Å². The molecular formula is C21H13ClO5. The van der Waals surface area contributed by atoms with E-state index in [4.69, 9.17) is 25.2 Å². The van der Waals surface area contributed by atoms with Gasteiger partial charge in [-0.1, -0.05) is 29.3 Å². The molecule has 4 rings (SSSR count). The second kappa shape index (κ2) is 6.78. The van der Waals surface area contributed by atoms with E-state index in [0.29, 0.717) is 16.2 Å². The van der Waals surface area contributed by atoms with Crippen molar-refractivity contribution in [2.75, 3.05) is 0 Å². The van der Waals surface area contributed by atoms with Crippen LogP contribution in [0.5, 0.6) is 5.75 Å². The van der Waals surface area contributed by atoms with Gasteiger partial charge in [-0.05, 0) is 49.4 Å². The Morgan fingerprint density at radius 3 is 2.67 bits per heavy atom. The Morgan fingerprint density at radius 1 is 1.07 bits per heavy atom. The highest BCUT2D eigenvalue weighted by Crippen LogP contribution is 2.32. The Hall–Kier alpha value is -3.31. The summed E-state index contributed by atoms with van der Waals surface area (Å²) in [5, 5.41) is 0.585. The molecule has 0 bridgehead atoms. The maximum Gasteiger partial charge on any atom is 0.343 e. The highest BCUT2D eigenvalue weighted by Gasteiger charge is 2.23. The van der Waals surface area contributed by atoms with Crippen molar-refractivity contribution in [2.24, 2.45) is 0 Å². The van der Waals surface area contributed by atoms with E-state index in [2.05, 4.69) is 0 Å². The van der Waals surface area contributed by atoms with Gasteiger partial charge in [0.15, 0.2) is 5.76 Å². The average Bonchev–Trinajstić information content (AvgIpc) is 3.18. The monoisotopic (exact) mass is 380 g/mol. The van der Waals surface area contributed by atoms with Gasteiger partial charge >= 0.3 is 5.97 Å². The molecule has 0 atom stereocenters. The van der Waals surface area contributed by atoms with Crippen LogP contribution in [0.15, 0.2) is 74.5 Å². The molecule has 0 aliphatic heterocycles. The van der Waals surface area contributed by atoms with E-state index in [9.17, 15) is 9.59 Å². The minimum atomic E-state index is -0.666. The first-order valence-corrected chi connectivity index (χ1v) is 8.50. The van der Waals surface area contributed by atoms with Crippen LogP contribution in [-0.4, -0.2) is 5.97 Å². The Bertz CT molecular complexity index is 1210. The molecule has 0 fully saturated rings. The Labute approximate surface area is 158 Å². The molecule has 2 aromatic heterocycles. The largest absolute Gasteiger partial charge is 0.461 e. The number of aryl methyl sites for hydroxylation is 1. The normalized spacial score (nSPS) is 10.9. The molecule has 2 aromatic carbocycles. The molecule has 0 unspecified atom stereocenters. The maximum atomic E-state index is 13.0. The first-order chi connectivity index (χ1) is 13.0. The van der Waals surface area contributed by atoms with Crippen LogP contribution in [0, 0.1) is 6.92 Å². The summed E-state index contributed by atoms with van der Waals surface area (Å²) in [7, 11) is 0. The van der Waals surface area contributed by atoms with Gasteiger partial charge in [-0.15, -0.1) is 0 Å². The number of esters is 1. The van der Waals surface area contributed by atoms with Crippen molar-refractivity contribution in [3.63, 3.8) is 0 Å². The number of hydrogen-bond donors (Lipinski definition) is 0. The van der Waals surface area contributed by atoms with E-state index in [0.717, 1.165) is 5.56 Å². The molecule has 134 valence electrons. The molecule has 4 aromatic rings. The van der Waals surface area contributed by atoms with Crippen molar-refractivity contribution in [3.8, 4) is 17.3 Å². The van der Waals surface area contributed by atoms with Gasteiger partial charge in [0, 0.05) is 5.02 Å². The standard InChI is InChI=1S/C21H13ClO5/c1-12-4-2-5-13(10-12)21(24)27-20-18(23)15-11-14(22)7-8-16(15)26-19(20)17-6-3-9-25-17/h2-11H,1H3. The summed E-state index contributed by atoms with van der Waals surface area (Å²) >= 11 is 5.99. The number of benzene rings is 2. The third-order valence-corrected chi connectivity index (χ3v) is 4.24. The smallest absolute Gasteiger partial charge is 0.343 e. The van der Waals surface area contributed by atoms with E-state index in [1.54, 1.807) is 42.5 Å². The first-order valence-electron chi connectivity index (χ1n) is 8.12. The third kappa shape index (κ3) is 3.25. The Morgan fingerprint density at radius 2 is 1.93 bits per heavy atom. The molecule has 27 heavy (non-hydrogen) atoms. The zero-order chi connectivity index (χ0) is 19.0. The molecular weight excluding hydrogens is 368 g/mol. The van der Waals surface area contributed by atoms with Crippen LogP contribution in [0.3, 0.4) is 0 Å². The third-order valence-electron chi connectivity index (χ3n) is 4.00. The quantitative estimate of drug-likeness (QED) is 0.455. The molecule has 6 heteroatoms. The van der Waals surface area contributed by atoms with Crippen LogP contribution >= 0.6 is 11.6 Å². The first kappa shape index (κ1) is 17.1. The fraction of sp³-hybridized carbons (Fsp3) is 0.0476. The number of halogens is 1. The molecule has 0 aliphatic rings. The zero-order valence-electron chi connectivity index (χ0n) is 14.2. The van der Waals surface area contributed by atoms with E-state index in [1.807, 2.05) is 13.0 Å². The lowest BCUT2D eigenvalue weighted by Crippen LogP contribution is -2.16. The van der Waals surface area contributed by atoms with Gasteiger partial charge in [0.1, 0.15) is 5.58 Å². The van der Waals surface area contributed by atoms with Crippen molar-refractivity contribution in [1.29, 1.82) is 0 Å². The van der Waals surface area contributed by atoms with Crippen LogP contribution in [-0.2, 0) is 0 Å². The van der Waals surface area contributed by atoms with Gasteiger partial charge in [0.2, 0.25) is 16.9 Å². The molecule has 2 heterocycles. The predicted molar refractivity (Wildman–Crippen MR) is 101 cm³/mol. The summed E-state index contributed by atoms with van der Waals surface area (Å²) in [5.41, 5.74) is 1.02. The second-order valence-electron chi connectivity index (χ2n) is 5.97. The molecule has 0 aliphatic carbocycles. The molecule has 0 saturated heterocycles. The molecule has 0 saturated carbocycles. The summed E-state index contributed by atoms with van der Waals surface area (Å²) in [4.78, 5) is 25.6. The fourth-order valence-corrected chi connectivity index (χ4v) is 2.91. The number of rotatable bonds is 3. The summed E-state index contributed by atoms with van der Waals surface area (Å²) in [6.45, 7) is 1.86. The summed E-state index contributed by atoms with van der Waals surface area (Å²) in [6, 6.07) is 14.8. The molecule has 5 nitrogen and oxygen atoms in total. The van der Waals surface area contributed by atoms with Crippen molar-refractivity contribution in [3.05, 3.63) is 87.2 Å². The van der Waals surface area contributed by atoms with E-state index < -0.39 is 11.4 Å². The number of carbonyl (C=O) groups excluding carboxylic acids is 1. The zero-order valence-corrected chi connectivity index (χ0v) is 14.9. The van der Waals surface area contributed by atoms with Gasteiger partial charge < -0.3 is 13.6 Å². The van der Waals surface area contributed by atoms with Crippen molar-refractivity contribution >= 4 is 28.5 Å². The fourth-order valence-electron chi connectivity index (χ4n) is 2.74. The number of hydrogen-bond acceptors (Lipinski definition) is 5.